The van der Waals surface area contributed by atoms with Crippen molar-refractivity contribution in [1.82, 2.24) is 4.90 Å². The van der Waals surface area contributed by atoms with E-state index in [1.54, 1.807) is 0 Å². The van der Waals surface area contributed by atoms with Crippen LogP contribution in [0.25, 0.3) is 0 Å². The third-order valence-corrected chi connectivity index (χ3v) is 3.56. The van der Waals surface area contributed by atoms with Gasteiger partial charge in [0.1, 0.15) is 0 Å². The number of nitrogens with two attached hydrogens (primary N) is 1. The van der Waals surface area contributed by atoms with Crippen LogP contribution < -0.4 is 5.73 Å². The minimum Gasteiger partial charge on any atom is -0.480 e. The Hall–Kier alpha value is -0.650. The molecule has 5 nitrogen and oxygen atoms in total. The first-order chi connectivity index (χ1) is 8.18. The molecular weight excluding hydrogens is 232 g/mol. The molecule has 0 aromatic heterocycles. The Morgan fingerprint density at radius 2 is 2.06 bits per heavy atom. The largest absolute Gasteiger partial charge is 0.480 e. The Balaban J connectivity index is 2.53. The maximum Gasteiger partial charge on any atom is 0.317 e. The van der Waals surface area contributed by atoms with Crippen molar-refractivity contribution in [3.63, 3.8) is 0 Å². The number of likely N-dealkylation sites (tertiary alicyclic amines) is 1. The summed E-state index contributed by atoms with van der Waals surface area (Å²) >= 11 is 0. The maximum absolute atomic E-state index is 10.7. The highest BCUT2D eigenvalue weighted by atomic mass is 16.4. The highest BCUT2D eigenvalue weighted by Gasteiger charge is 2.31. The summed E-state index contributed by atoms with van der Waals surface area (Å²) in [5, 5.41) is 18.9. The van der Waals surface area contributed by atoms with Gasteiger partial charge in [0.15, 0.2) is 0 Å². The summed E-state index contributed by atoms with van der Waals surface area (Å²) in [5.74, 6) is -0.540. The van der Waals surface area contributed by atoms with Crippen LogP contribution in [0.3, 0.4) is 0 Å². The van der Waals surface area contributed by atoms with E-state index in [4.69, 9.17) is 10.8 Å². The van der Waals surface area contributed by atoms with Gasteiger partial charge in [-0.3, -0.25) is 9.69 Å². The van der Waals surface area contributed by atoms with E-state index in [2.05, 4.69) is 0 Å². The average molecular weight is 258 g/mol. The molecule has 0 aromatic carbocycles. The van der Waals surface area contributed by atoms with E-state index in [-0.39, 0.29) is 30.0 Å². The number of hydrogen-bond donors (Lipinski definition) is 3. The third kappa shape index (κ3) is 4.92. The Kier molecular flexibility index (Phi) is 5.13. The Morgan fingerprint density at radius 1 is 1.44 bits per heavy atom. The van der Waals surface area contributed by atoms with Crippen LogP contribution in [0.15, 0.2) is 0 Å². The number of nitrogens with zero attached hydrogens (tertiary/aromatic N) is 1. The lowest BCUT2D eigenvalue weighted by Crippen LogP contribution is -2.49. The molecule has 5 heteroatoms. The second-order valence-corrected chi connectivity index (χ2v) is 6.57. The molecule has 18 heavy (non-hydrogen) atoms. The van der Waals surface area contributed by atoms with E-state index in [9.17, 15) is 9.90 Å². The molecule has 1 rings (SSSR count). The number of carbonyl (C=O) groups is 1. The van der Waals surface area contributed by atoms with Crippen molar-refractivity contribution in [1.29, 1.82) is 0 Å². The van der Waals surface area contributed by atoms with E-state index >= 15 is 0 Å². The molecule has 1 saturated heterocycles. The zero-order valence-corrected chi connectivity index (χ0v) is 11.6. The first-order valence-corrected chi connectivity index (χ1v) is 6.56. The molecule has 0 saturated carbocycles. The van der Waals surface area contributed by atoms with Gasteiger partial charge in [-0.2, -0.15) is 0 Å². The molecule has 0 radical (unpaired) electrons. The van der Waals surface area contributed by atoms with Gasteiger partial charge in [-0.05, 0) is 24.2 Å². The lowest BCUT2D eigenvalue weighted by Gasteiger charge is -2.38. The quantitative estimate of drug-likeness (QED) is 0.684. The predicted octanol–water partition coefficient (Wildman–Crippen LogP) is 0.517. The second kappa shape index (κ2) is 5.99. The average Bonchev–Trinajstić information content (AvgIpc) is 2.13. The van der Waals surface area contributed by atoms with Gasteiger partial charge in [-0.25, -0.2) is 0 Å². The van der Waals surface area contributed by atoms with Gasteiger partial charge in [0.25, 0.3) is 0 Å². The topological polar surface area (TPSA) is 86.8 Å². The molecule has 0 amide bonds. The van der Waals surface area contributed by atoms with Crippen LogP contribution in [-0.4, -0.2) is 52.9 Å². The van der Waals surface area contributed by atoms with Crippen LogP contribution in [0, 0.1) is 11.3 Å². The molecule has 0 spiro atoms. The molecule has 106 valence electrons. The van der Waals surface area contributed by atoms with Crippen LogP contribution >= 0.6 is 0 Å². The first-order valence-electron chi connectivity index (χ1n) is 6.56. The van der Waals surface area contributed by atoms with E-state index in [0.717, 1.165) is 6.42 Å². The number of rotatable bonds is 4. The molecule has 1 fully saturated rings. The molecule has 1 aliphatic heterocycles. The summed E-state index contributed by atoms with van der Waals surface area (Å²) < 4.78 is 0. The molecule has 0 aromatic rings. The highest BCUT2D eigenvalue weighted by molar-refractivity contribution is 5.69. The monoisotopic (exact) mass is 258 g/mol. The van der Waals surface area contributed by atoms with Crippen molar-refractivity contribution in [3.8, 4) is 0 Å². The van der Waals surface area contributed by atoms with Gasteiger partial charge in [0.2, 0.25) is 0 Å². The van der Waals surface area contributed by atoms with Crippen LogP contribution in [0.4, 0.5) is 0 Å². The van der Waals surface area contributed by atoms with Gasteiger partial charge in [-0.15, -0.1) is 0 Å². The molecule has 3 unspecified atom stereocenters. The SMILES string of the molecule is CC(C)(C)C(O)CC1CC(N)CN(CC(=O)O)C1. The molecule has 1 aliphatic rings. The number of aliphatic carboxylic acids is 1. The van der Waals surface area contributed by atoms with E-state index in [0.29, 0.717) is 19.5 Å². The zero-order valence-electron chi connectivity index (χ0n) is 11.6. The van der Waals surface area contributed by atoms with Crippen molar-refractivity contribution in [2.75, 3.05) is 19.6 Å². The van der Waals surface area contributed by atoms with E-state index in [1.807, 2.05) is 25.7 Å². The van der Waals surface area contributed by atoms with Crippen LogP contribution in [0.1, 0.15) is 33.6 Å². The molecule has 0 aliphatic carbocycles. The molecule has 4 N–H and O–H groups in total. The molecule has 0 bridgehead atoms. The molecular formula is C13H26N2O3. The third-order valence-electron chi connectivity index (χ3n) is 3.56. The molecule has 1 heterocycles. The van der Waals surface area contributed by atoms with Crippen LogP contribution in [0.5, 0.6) is 0 Å². The van der Waals surface area contributed by atoms with Crippen molar-refractivity contribution in [2.24, 2.45) is 17.1 Å². The highest BCUT2D eigenvalue weighted by Crippen LogP contribution is 2.28. The fourth-order valence-corrected chi connectivity index (χ4v) is 2.51. The van der Waals surface area contributed by atoms with Gasteiger partial charge >= 0.3 is 5.97 Å². The van der Waals surface area contributed by atoms with E-state index in [1.165, 1.54) is 0 Å². The number of aliphatic hydroxyl groups excluding tert-OH is 1. The zero-order chi connectivity index (χ0) is 13.9. The standard InChI is InChI=1S/C13H26N2O3/c1-13(2,3)11(16)5-9-4-10(14)7-15(6-9)8-12(17)18/h9-11,16H,4-8,14H2,1-3H3,(H,17,18). The number of piperidine rings is 1. The predicted molar refractivity (Wildman–Crippen MR) is 70.2 cm³/mol. The number of hydrogen-bond acceptors (Lipinski definition) is 4. The van der Waals surface area contributed by atoms with E-state index < -0.39 is 5.97 Å². The number of aliphatic hydroxyl groups is 1. The summed E-state index contributed by atoms with van der Waals surface area (Å²) in [6.07, 6.45) is 1.18. The minimum absolute atomic E-state index is 0.00951. The van der Waals surface area contributed by atoms with Crippen molar-refractivity contribution < 1.29 is 15.0 Å². The van der Waals surface area contributed by atoms with Crippen LogP contribution in [0.2, 0.25) is 0 Å². The Bertz CT molecular complexity index is 288. The molecule has 3 atom stereocenters. The summed E-state index contributed by atoms with van der Waals surface area (Å²) in [6.45, 7) is 7.41. The van der Waals surface area contributed by atoms with Gasteiger partial charge < -0.3 is 15.9 Å². The number of carboxylic acids is 1. The summed E-state index contributed by atoms with van der Waals surface area (Å²) in [7, 11) is 0. The Morgan fingerprint density at radius 3 is 2.56 bits per heavy atom. The lowest BCUT2D eigenvalue weighted by molar-refractivity contribution is -0.138. The normalized spacial score (nSPS) is 28.1. The number of carboxylic acid groups (broad SMARTS) is 1. The maximum atomic E-state index is 10.7. The Labute approximate surface area is 109 Å². The van der Waals surface area contributed by atoms with Crippen molar-refractivity contribution >= 4 is 5.97 Å². The fourth-order valence-electron chi connectivity index (χ4n) is 2.51. The van der Waals surface area contributed by atoms with Crippen molar-refractivity contribution in [2.45, 2.75) is 45.8 Å². The van der Waals surface area contributed by atoms with Gasteiger partial charge in [-0.1, -0.05) is 20.8 Å². The summed E-state index contributed by atoms with van der Waals surface area (Å²) in [5.41, 5.74) is 5.82. The first kappa shape index (κ1) is 15.4. The smallest absolute Gasteiger partial charge is 0.317 e. The summed E-state index contributed by atoms with van der Waals surface area (Å²) in [6, 6.07) is 0.00951. The van der Waals surface area contributed by atoms with Gasteiger partial charge in [0.05, 0.1) is 12.6 Å². The second-order valence-electron chi connectivity index (χ2n) is 6.57. The summed E-state index contributed by atoms with van der Waals surface area (Å²) in [4.78, 5) is 12.6. The lowest BCUT2D eigenvalue weighted by atomic mass is 9.80. The minimum atomic E-state index is -0.820. The van der Waals surface area contributed by atoms with Crippen LogP contribution in [-0.2, 0) is 4.79 Å². The van der Waals surface area contributed by atoms with Crippen molar-refractivity contribution in [3.05, 3.63) is 0 Å². The fraction of sp³-hybridized carbons (Fsp3) is 0.923. The van der Waals surface area contributed by atoms with Gasteiger partial charge in [0, 0.05) is 19.1 Å².